The quantitative estimate of drug-likeness (QED) is 0.172. The van der Waals surface area contributed by atoms with Gasteiger partial charge in [-0.3, -0.25) is 0 Å². The van der Waals surface area contributed by atoms with Crippen LogP contribution in [0.5, 0.6) is 0 Å². The third kappa shape index (κ3) is 4.70. The van der Waals surface area contributed by atoms with Crippen LogP contribution in [0, 0.1) is 11.8 Å². The number of aromatic nitrogens is 1. The smallest absolute Gasteiger partial charge is 0.0717 e. The maximum atomic E-state index is 2.58. The fraction of sp³-hybridized carbons (Fsp3) is 0.167. The molecule has 7 aromatic carbocycles. The van der Waals surface area contributed by atoms with Crippen LogP contribution in [0.3, 0.4) is 0 Å². The molecular weight excluding hydrogens is 749 g/mol. The van der Waals surface area contributed by atoms with Crippen molar-refractivity contribution in [3.05, 3.63) is 220 Å². The Balaban J connectivity index is 1.05. The molecule has 0 fully saturated rings. The van der Waals surface area contributed by atoms with E-state index >= 15 is 0 Å². The van der Waals surface area contributed by atoms with Crippen molar-refractivity contribution in [2.24, 2.45) is 11.8 Å². The summed E-state index contributed by atoms with van der Waals surface area (Å²) in [6.45, 7) is 9.57. The molecule has 0 bridgehead atoms. The minimum Gasteiger partial charge on any atom is -0.310 e. The predicted octanol–water partition coefficient (Wildman–Crippen LogP) is 13.7. The van der Waals surface area contributed by atoms with Gasteiger partial charge in [-0.25, -0.2) is 0 Å². The summed E-state index contributed by atoms with van der Waals surface area (Å²) in [6, 6.07) is 62.2. The second kappa shape index (κ2) is 12.8. The minimum atomic E-state index is -0.419. The van der Waals surface area contributed by atoms with Crippen LogP contribution in [0.1, 0.15) is 68.4 Å². The summed E-state index contributed by atoms with van der Waals surface area (Å²) < 4.78 is 2.58. The van der Waals surface area contributed by atoms with E-state index in [0.717, 1.165) is 18.5 Å². The van der Waals surface area contributed by atoms with Crippen LogP contribution in [-0.2, 0) is 10.8 Å². The highest BCUT2D eigenvalue weighted by atomic mass is 15.1. The molecule has 13 rings (SSSR count). The predicted molar refractivity (Wildman–Crippen MR) is 259 cm³/mol. The summed E-state index contributed by atoms with van der Waals surface area (Å²) in [7, 11) is 0. The van der Waals surface area contributed by atoms with Gasteiger partial charge in [0.2, 0.25) is 0 Å². The Morgan fingerprint density at radius 3 is 2.08 bits per heavy atom. The van der Waals surface area contributed by atoms with Crippen LogP contribution >= 0.6 is 0 Å². The number of nitrogens with zero attached hydrogens (tertiary/aromatic N) is 2. The first-order valence-electron chi connectivity index (χ1n) is 22.5. The highest BCUT2D eigenvalue weighted by Crippen LogP contribution is 2.61. The van der Waals surface area contributed by atoms with Crippen LogP contribution < -0.4 is 15.5 Å². The molecule has 62 heavy (non-hydrogen) atoms. The van der Waals surface area contributed by atoms with Crippen molar-refractivity contribution in [2.75, 3.05) is 4.90 Å². The zero-order chi connectivity index (χ0) is 41.5. The normalized spacial score (nSPS) is 20.6. The highest BCUT2D eigenvalue weighted by Gasteiger charge is 2.52. The van der Waals surface area contributed by atoms with Gasteiger partial charge in [0.15, 0.2) is 0 Å². The topological polar surface area (TPSA) is 8.17 Å². The van der Waals surface area contributed by atoms with Gasteiger partial charge in [0, 0.05) is 33.1 Å². The van der Waals surface area contributed by atoms with E-state index in [4.69, 9.17) is 0 Å². The van der Waals surface area contributed by atoms with Gasteiger partial charge in [-0.05, 0) is 140 Å². The molecule has 298 valence electrons. The zero-order valence-corrected chi connectivity index (χ0v) is 35.8. The SMILES string of the molecule is CC1C=CC2=C(C1)c1ccc(N(c3ccc(-c4ccccc4)cc3)c3ccc4c(c3)-c3ccccc3C43C4=c5c(c6ccccc6n5-c5ccccc53)=CC(C)C4)cc1C2(C)C. The number of hydrogen-bond acceptors (Lipinski definition) is 1. The lowest BCUT2D eigenvalue weighted by Gasteiger charge is -2.42. The molecule has 2 heterocycles. The van der Waals surface area contributed by atoms with Crippen LogP contribution in [-0.4, -0.2) is 4.57 Å². The summed E-state index contributed by atoms with van der Waals surface area (Å²) >= 11 is 0. The summed E-state index contributed by atoms with van der Waals surface area (Å²) in [5.74, 6) is 0.957. The average Bonchev–Trinajstić information content (AvgIpc) is 3.87. The second-order valence-corrected chi connectivity index (χ2v) is 19.0. The lowest BCUT2D eigenvalue weighted by Crippen LogP contribution is -2.47. The molecule has 2 heteroatoms. The molecule has 1 aromatic heterocycles. The third-order valence-electron chi connectivity index (χ3n) is 15.1. The van der Waals surface area contributed by atoms with E-state index in [2.05, 4.69) is 219 Å². The highest BCUT2D eigenvalue weighted by molar-refractivity contribution is 5.98. The molecule has 3 atom stereocenters. The Labute approximate surface area is 364 Å². The van der Waals surface area contributed by atoms with Crippen LogP contribution in [0.25, 0.3) is 56.1 Å². The molecule has 0 amide bonds. The molecule has 3 unspecified atom stereocenters. The van der Waals surface area contributed by atoms with Gasteiger partial charge in [0.1, 0.15) is 0 Å². The Morgan fingerprint density at radius 1 is 0.548 bits per heavy atom. The van der Waals surface area contributed by atoms with E-state index in [9.17, 15) is 0 Å². The van der Waals surface area contributed by atoms with Crippen LogP contribution in [0.15, 0.2) is 182 Å². The molecule has 8 aromatic rings. The van der Waals surface area contributed by atoms with Gasteiger partial charge in [0.25, 0.3) is 0 Å². The fourth-order valence-electron chi connectivity index (χ4n) is 12.4. The van der Waals surface area contributed by atoms with Crippen molar-refractivity contribution in [2.45, 2.75) is 51.4 Å². The van der Waals surface area contributed by atoms with E-state index in [1.54, 1.807) is 0 Å². The van der Waals surface area contributed by atoms with Gasteiger partial charge < -0.3 is 9.47 Å². The monoisotopic (exact) mass is 796 g/mol. The van der Waals surface area contributed by atoms with Crippen molar-refractivity contribution >= 4 is 45.2 Å². The maximum Gasteiger partial charge on any atom is 0.0717 e. The number of para-hydroxylation sites is 2. The van der Waals surface area contributed by atoms with E-state index < -0.39 is 5.41 Å². The molecule has 0 saturated carbocycles. The van der Waals surface area contributed by atoms with Crippen molar-refractivity contribution in [1.29, 1.82) is 0 Å². The van der Waals surface area contributed by atoms with Crippen molar-refractivity contribution in [1.82, 2.24) is 4.57 Å². The minimum absolute atomic E-state index is 0.0785. The van der Waals surface area contributed by atoms with Gasteiger partial charge in [-0.1, -0.05) is 161 Å². The Morgan fingerprint density at radius 2 is 1.23 bits per heavy atom. The summed E-state index contributed by atoms with van der Waals surface area (Å²) in [4.78, 5) is 2.50. The molecule has 0 radical (unpaired) electrons. The molecule has 2 nitrogen and oxygen atoms in total. The largest absolute Gasteiger partial charge is 0.310 e. The van der Waals surface area contributed by atoms with E-state index in [1.165, 1.54) is 105 Å². The molecule has 0 saturated heterocycles. The number of allylic oxidation sites excluding steroid dienone is 4. The van der Waals surface area contributed by atoms with Crippen molar-refractivity contribution in [3.8, 4) is 27.9 Å². The Hall–Kier alpha value is -6.90. The standard InChI is InChI=1S/C60H48N2/c1-37-22-30-50-47(32-37)45-29-27-43(36-54(45)59(50,3)4)61(41-25-23-40(24-26-41)39-14-6-5-7-15-39)42-28-31-52-48(35-42)44-16-8-10-18-51(44)60(52)53-19-11-13-21-57(53)62-56-20-12-9-17-46(56)49-33-38(2)34-55(60)58(49)62/h5-31,33,35-38H,32,34H2,1-4H3. The number of rotatable bonds is 4. The zero-order valence-electron chi connectivity index (χ0n) is 35.8. The van der Waals surface area contributed by atoms with Gasteiger partial charge in [-0.15, -0.1) is 0 Å². The Kier molecular flexibility index (Phi) is 7.40. The first kappa shape index (κ1) is 35.8. The summed E-state index contributed by atoms with van der Waals surface area (Å²) in [5.41, 5.74) is 22.2. The molecular formula is C60H48N2. The molecule has 4 aliphatic carbocycles. The van der Waals surface area contributed by atoms with Crippen molar-refractivity contribution < 1.29 is 0 Å². The Bertz CT molecular complexity index is 3410. The lowest BCUT2D eigenvalue weighted by atomic mass is 9.63. The summed E-state index contributed by atoms with van der Waals surface area (Å²) in [6.07, 6.45) is 9.44. The fourth-order valence-corrected chi connectivity index (χ4v) is 12.4. The van der Waals surface area contributed by atoms with Gasteiger partial charge in [-0.2, -0.15) is 0 Å². The number of fused-ring (bicyclic) bond motifs is 14. The lowest BCUT2D eigenvalue weighted by molar-refractivity contribution is 0.643. The van der Waals surface area contributed by atoms with Crippen LogP contribution in [0.2, 0.25) is 0 Å². The number of anilines is 3. The molecule has 1 spiro atoms. The average molecular weight is 797 g/mol. The van der Waals surface area contributed by atoms with Crippen LogP contribution in [0.4, 0.5) is 17.1 Å². The number of hydrogen-bond donors (Lipinski definition) is 0. The van der Waals surface area contributed by atoms with E-state index in [1.807, 2.05) is 0 Å². The van der Waals surface area contributed by atoms with Crippen molar-refractivity contribution in [3.63, 3.8) is 0 Å². The van der Waals surface area contributed by atoms with E-state index in [-0.39, 0.29) is 5.41 Å². The van der Waals surface area contributed by atoms with E-state index in [0.29, 0.717) is 11.8 Å². The first-order chi connectivity index (χ1) is 30.3. The maximum absolute atomic E-state index is 2.58. The molecule has 1 aliphatic heterocycles. The summed E-state index contributed by atoms with van der Waals surface area (Å²) in [5, 5.41) is 4.11. The first-order valence-corrected chi connectivity index (χ1v) is 22.5. The molecule has 0 N–H and O–H groups in total. The third-order valence-corrected chi connectivity index (χ3v) is 15.1. The van der Waals surface area contributed by atoms with Gasteiger partial charge in [0.05, 0.1) is 22.0 Å². The number of benzene rings is 7. The van der Waals surface area contributed by atoms with Gasteiger partial charge >= 0.3 is 0 Å². The second-order valence-electron chi connectivity index (χ2n) is 19.0. The molecule has 5 aliphatic rings.